The molecule has 1 heterocycles. The topological polar surface area (TPSA) is 92.6 Å². The Bertz CT molecular complexity index is 255. The van der Waals surface area contributed by atoms with Gasteiger partial charge in [0.25, 0.3) is 0 Å². The summed E-state index contributed by atoms with van der Waals surface area (Å²) < 4.78 is 0. The molecular weight excluding hydrogens is 142 g/mol. The highest BCUT2D eigenvalue weighted by molar-refractivity contribution is 5.79. The Balaban J connectivity index is 2.56. The zero-order valence-corrected chi connectivity index (χ0v) is 5.86. The fourth-order valence-electron chi connectivity index (χ4n) is 0.582. The molecular formula is C6H9N5. The summed E-state index contributed by atoms with van der Waals surface area (Å²) in [5.74, 6) is -0.0483. The van der Waals surface area contributed by atoms with Gasteiger partial charge >= 0.3 is 0 Å². The van der Waals surface area contributed by atoms with E-state index in [1.54, 1.807) is 6.20 Å². The van der Waals surface area contributed by atoms with Crippen LogP contribution in [0.5, 0.6) is 0 Å². The molecule has 0 radical (unpaired) electrons. The third-order valence-corrected chi connectivity index (χ3v) is 0.992. The van der Waals surface area contributed by atoms with E-state index < -0.39 is 0 Å². The van der Waals surface area contributed by atoms with Gasteiger partial charge in [-0.25, -0.2) is 0 Å². The smallest absolute Gasteiger partial charge is 0.211 e. The molecule has 1 aromatic rings. The van der Waals surface area contributed by atoms with Crippen molar-refractivity contribution in [2.75, 3.05) is 0 Å². The van der Waals surface area contributed by atoms with Crippen LogP contribution in [-0.4, -0.2) is 17.2 Å². The van der Waals surface area contributed by atoms with Gasteiger partial charge in [-0.05, 0) is 12.1 Å². The van der Waals surface area contributed by atoms with Crippen molar-refractivity contribution < 1.29 is 0 Å². The maximum Gasteiger partial charge on any atom is 0.211 e. The maximum absolute atomic E-state index is 5.04. The van der Waals surface area contributed by atoms with Crippen molar-refractivity contribution in [2.24, 2.45) is 21.7 Å². The number of rotatable bonds is 2. The first-order valence-electron chi connectivity index (χ1n) is 3.04. The van der Waals surface area contributed by atoms with Crippen molar-refractivity contribution in [2.45, 2.75) is 0 Å². The monoisotopic (exact) mass is 151 g/mol. The molecule has 0 bridgehead atoms. The van der Waals surface area contributed by atoms with Crippen LogP contribution in [0.4, 0.5) is 0 Å². The van der Waals surface area contributed by atoms with Crippen LogP contribution in [0, 0.1) is 0 Å². The molecule has 1 rings (SSSR count). The van der Waals surface area contributed by atoms with Crippen LogP contribution in [0.2, 0.25) is 0 Å². The van der Waals surface area contributed by atoms with Crippen LogP contribution in [-0.2, 0) is 0 Å². The van der Waals surface area contributed by atoms with E-state index in [4.69, 9.17) is 11.5 Å². The number of nitrogens with two attached hydrogens (primary N) is 2. The first-order valence-corrected chi connectivity index (χ1v) is 3.04. The molecule has 0 aliphatic heterocycles. The molecule has 0 saturated heterocycles. The molecule has 58 valence electrons. The minimum absolute atomic E-state index is 0.0483. The highest BCUT2D eigenvalue weighted by Crippen LogP contribution is 1.88. The lowest BCUT2D eigenvalue weighted by atomic mass is 10.5. The summed E-state index contributed by atoms with van der Waals surface area (Å²) >= 11 is 0. The van der Waals surface area contributed by atoms with E-state index in [1.165, 1.54) is 6.21 Å². The molecule has 0 saturated carbocycles. The summed E-state index contributed by atoms with van der Waals surface area (Å²) in [6.07, 6.45) is 3.32. The quantitative estimate of drug-likeness (QED) is 0.305. The van der Waals surface area contributed by atoms with Gasteiger partial charge in [-0.1, -0.05) is 0 Å². The Morgan fingerprint density at radius 1 is 1.55 bits per heavy atom. The maximum atomic E-state index is 5.04. The van der Waals surface area contributed by atoms with Crippen LogP contribution >= 0.6 is 0 Å². The number of nitrogens with one attached hydrogen (secondary N) is 1. The molecule has 0 unspecified atom stereocenters. The fraction of sp³-hybridized carbons (Fsp3) is 0. The average Bonchev–Trinajstić information content (AvgIpc) is 2.39. The van der Waals surface area contributed by atoms with Crippen LogP contribution < -0.4 is 11.5 Å². The van der Waals surface area contributed by atoms with E-state index in [0.29, 0.717) is 0 Å². The van der Waals surface area contributed by atoms with Crippen molar-refractivity contribution in [3.8, 4) is 0 Å². The molecule has 5 nitrogen and oxygen atoms in total. The normalized spacial score (nSPS) is 10.2. The number of hydrogen-bond acceptors (Lipinski definition) is 2. The first-order chi connectivity index (χ1) is 5.29. The van der Waals surface area contributed by atoms with Gasteiger partial charge < -0.3 is 16.5 Å². The van der Waals surface area contributed by atoms with Gasteiger partial charge in [-0.2, -0.15) is 5.10 Å². The molecule has 5 N–H and O–H groups in total. The Morgan fingerprint density at radius 2 is 2.36 bits per heavy atom. The van der Waals surface area contributed by atoms with E-state index in [0.717, 1.165) is 5.69 Å². The number of hydrogen-bond donors (Lipinski definition) is 3. The van der Waals surface area contributed by atoms with E-state index >= 15 is 0 Å². The van der Waals surface area contributed by atoms with E-state index in [2.05, 4.69) is 15.2 Å². The number of guanidine groups is 1. The van der Waals surface area contributed by atoms with Gasteiger partial charge in [-0.3, -0.25) is 0 Å². The van der Waals surface area contributed by atoms with Crippen molar-refractivity contribution in [3.63, 3.8) is 0 Å². The minimum atomic E-state index is -0.0483. The molecule has 0 aliphatic carbocycles. The molecule has 1 aromatic heterocycles. The number of aromatic nitrogens is 1. The summed E-state index contributed by atoms with van der Waals surface area (Å²) in [6.45, 7) is 0. The van der Waals surface area contributed by atoms with Crippen molar-refractivity contribution in [1.82, 2.24) is 4.98 Å². The van der Waals surface area contributed by atoms with Gasteiger partial charge in [0.05, 0.1) is 11.9 Å². The Kier molecular flexibility index (Phi) is 2.27. The predicted octanol–water partition coefficient (Wildman–Crippen LogP) is -0.378. The Morgan fingerprint density at radius 3 is 2.91 bits per heavy atom. The predicted molar refractivity (Wildman–Crippen MR) is 44.2 cm³/mol. The third kappa shape index (κ3) is 2.53. The zero-order chi connectivity index (χ0) is 8.10. The molecule has 0 aromatic carbocycles. The van der Waals surface area contributed by atoms with Gasteiger partial charge in [0, 0.05) is 6.20 Å². The zero-order valence-electron chi connectivity index (χ0n) is 5.86. The largest absolute Gasteiger partial charge is 0.369 e. The van der Waals surface area contributed by atoms with E-state index in [-0.39, 0.29) is 5.96 Å². The van der Waals surface area contributed by atoms with E-state index in [1.807, 2.05) is 12.1 Å². The Labute approximate surface area is 63.8 Å². The van der Waals surface area contributed by atoms with Crippen LogP contribution in [0.3, 0.4) is 0 Å². The average molecular weight is 151 g/mol. The van der Waals surface area contributed by atoms with Crippen LogP contribution in [0.15, 0.2) is 28.5 Å². The van der Waals surface area contributed by atoms with Crippen molar-refractivity contribution in [1.29, 1.82) is 0 Å². The van der Waals surface area contributed by atoms with Crippen LogP contribution in [0.25, 0.3) is 0 Å². The van der Waals surface area contributed by atoms with Gasteiger partial charge in [0.2, 0.25) is 5.96 Å². The standard InChI is InChI=1S/C6H9N5/c7-6(8)11-10-4-5-2-1-3-9-5/h1-4,9H,(H4,7,8,11)/b10-4+. The molecule has 5 heteroatoms. The molecule has 0 fully saturated rings. The second-order valence-electron chi connectivity index (χ2n) is 1.89. The SMILES string of the molecule is NC(N)=N/N=C/c1ccc[nH]1. The highest BCUT2D eigenvalue weighted by Gasteiger charge is 1.82. The number of H-pyrrole nitrogens is 1. The number of aromatic amines is 1. The lowest BCUT2D eigenvalue weighted by Gasteiger charge is -1.83. The van der Waals surface area contributed by atoms with E-state index in [9.17, 15) is 0 Å². The lowest BCUT2D eigenvalue weighted by molar-refractivity contribution is 1.21. The van der Waals surface area contributed by atoms with Gasteiger partial charge in [0.1, 0.15) is 0 Å². The highest BCUT2D eigenvalue weighted by atomic mass is 15.3. The molecule has 0 aliphatic rings. The van der Waals surface area contributed by atoms with Crippen LogP contribution in [0.1, 0.15) is 5.69 Å². The Hall–Kier alpha value is -1.78. The van der Waals surface area contributed by atoms with Gasteiger partial charge in [-0.15, -0.1) is 5.10 Å². The summed E-state index contributed by atoms with van der Waals surface area (Å²) in [5.41, 5.74) is 10.9. The van der Waals surface area contributed by atoms with Crippen molar-refractivity contribution in [3.05, 3.63) is 24.0 Å². The third-order valence-electron chi connectivity index (χ3n) is 0.992. The van der Waals surface area contributed by atoms with Crippen molar-refractivity contribution >= 4 is 12.2 Å². The molecule has 0 atom stereocenters. The minimum Gasteiger partial charge on any atom is -0.369 e. The summed E-state index contributed by atoms with van der Waals surface area (Å²) in [4.78, 5) is 2.91. The lowest BCUT2D eigenvalue weighted by Crippen LogP contribution is -2.21. The molecule has 11 heavy (non-hydrogen) atoms. The van der Waals surface area contributed by atoms with Gasteiger partial charge in [0.15, 0.2) is 0 Å². The summed E-state index contributed by atoms with van der Waals surface area (Å²) in [7, 11) is 0. The summed E-state index contributed by atoms with van der Waals surface area (Å²) in [6, 6.07) is 3.71. The second-order valence-corrected chi connectivity index (χ2v) is 1.89. The molecule has 0 amide bonds. The molecule has 0 spiro atoms. The summed E-state index contributed by atoms with van der Waals surface area (Å²) in [5, 5.41) is 7.02. The second kappa shape index (κ2) is 3.40. The first kappa shape index (κ1) is 7.33. The fourth-order valence-corrected chi connectivity index (χ4v) is 0.582. The number of nitrogens with zero attached hydrogens (tertiary/aromatic N) is 2.